The van der Waals surface area contributed by atoms with Crippen LogP contribution >= 0.6 is 0 Å². The minimum atomic E-state index is -0.344. The van der Waals surface area contributed by atoms with E-state index in [1.54, 1.807) is 16.1 Å². The molecule has 1 aromatic carbocycles. The van der Waals surface area contributed by atoms with Crippen molar-refractivity contribution in [3.63, 3.8) is 0 Å². The van der Waals surface area contributed by atoms with E-state index in [1.807, 2.05) is 25.3 Å². The Labute approximate surface area is 157 Å². The summed E-state index contributed by atoms with van der Waals surface area (Å²) < 4.78 is 13.1. The lowest BCUT2D eigenvalue weighted by Gasteiger charge is -2.32. The summed E-state index contributed by atoms with van der Waals surface area (Å²) in [5.74, 6) is 1.25. The molecule has 6 nitrogen and oxygen atoms in total. The van der Waals surface area contributed by atoms with Crippen molar-refractivity contribution in [2.45, 2.75) is 19.8 Å². The van der Waals surface area contributed by atoms with Crippen molar-refractivity contribution in [1.29, 1.82) is 0 Å². The number of piperidine rings is 1. The molecule has 2 aromatic rings. The van der Waals surface area contributed by atoms with Crippen molar-refractivity contribution in [3.05, 3.63) is 71.5 Å². The van der Waals surface area contributed by atoms with Crippen molar-refractivity contribution < 1.29 is 14.0 Å². The topological polar surface area (TPSA) is 57.7 Å². The zero-order valence-electron chi connectivity index (χ0n) is 15.1. The first-order valence-electron chi connectivity index (χ1n) is 9.02. The van der Waals surface area contributed by atoms with Gasteiger partial charge in [0, 0.05) is 30.8 Å². The number of carbonyl (C=O) groups is 1. The Bertz CT molecular complexity index is 869. The van der Waals surface area contributed by atoms with Crippen LogP contribution in [0, 0.1) is 18.7 Å². The number of carbonyl (C=O) groups excluding carboxylic acids is 1. The summed E-state index contributed by atoms with van der Waals surface area (Å²) in [5, 5.41) is 1.76. The summed E-state index contributed by atoms with van der Waals surface area (Å²) in [4.78, 5) is 24.6. The third-order valence-electron chi connectivity index (χ3n) is 4.93. The Kier molecular flexibility index (Phi) is 4.77. The second kappa shape index (κ2) is 7.36. The van der Waals surface area contributed by atoms with Gasteiger partial charge in [0.2, 0.25) is 0 Å². The molecule has 1 saturated heterocycles. The highest BCUT2D eigenvalue weighted by molar-refractivity contribution is 5.94. The molecule has 1 N–H and O–H groups in total. The minimum absolute atomic E-state index is 0.0799. The summed E-state index contributed by atoms with van der Waals surface area (Å²) in [6.45, 7) is 3.24. The lowest BCUT2D eigenvalue weighted by Crippen LogP contribution is -2.40. The fourth-order valence-corrected chi connectivity index (χ4v) is 3.47. The molecule has 2 aliphatic rings. The molecule has 0 saturated carbocycles. The van der Waals surface area contributed by atoms with Gasteiger partial charge in [-0.05, 0) is 55.7 Å². The zero-order chi connectivity index (χ0) is 18.8. The number of anilines is 1. The van der Waals surface area contributed by atoms with Crippen molar-refractivity contribution >= 4 is 11.7 Å². The van der Waals surface area contributed by atoms with Crippen LogP contribution in [-0.2, 0) is 4.84 Å². The molecule has 0 radical (unpaired) electrons. The number of hydrogen-bond donors (Lipinski definition) is 1. The molecule has 0 aliphatic carbocycles. The molecule has 1 fully saturated rings. The average molecular weight is 368 g/mol. The minimum Gasteiger partial charge on any atom is -0.391 e. The predicted molar refractivity (Wildman–Crippen MR) is 98.8 cm³/mol. The van der Waals surface area contributed by atoms with Crippen molar-refractivity contribution in [2.75, 3.05) is 18.1 Å². The summed E-state index contributed by atoms with van der Waals surface area (Å²) in [7, 11) is 0. The van der Waals surface area contributed by atoms with Crippen molar-refractivity contribution in [1.82, 2.24) is 15.5 Å². The van der Waals surface area contributed by atoms with Gasteiger partial charge in [-0.15, -0.1) is 0 Å². The normalized spacial score (nSPS) is 19.6. The van der Waals surface area contributed by atoms with Crippen LogP contribution in [0.15, 0.2) is 54.6 Å². The van der Waals surface area contributed by atoms with Crippen LogP contribution in [0.2, 0.25) is 0 Å². The van der Waals surface area contributed by atoms with E-state index in [0.29, 0.717) is 18.7 Å². The molecule has 1 amide bonds. The van der Waals surface area contributed by atoms with Gasteiger partial charge >= 0.3 is 0 Å². The van der Waals surface area contributed by atoms with Gasteiger partial charge in [0.15, 0.2) is 5.82 Å². The van der Waals surface area contributed by atoms with Gasteiger partial charge in [0.25, 0.3) is 5.91 Å². The lowest BCUT2D eigenvalue weighted by molar-refractivity contribution is 0.0577. The van der Waals surface area contributed by atoms with E-state index in [0.717, 1.165) is 30.0 Å². The fourth-order valence-electron chi connectivity index (χ4n) is 3.47. The number of pyridine rings is 1. The summed E-state index contributed by atoms with van der Waals surface area (Å²) in [6.07, 6.45) is 5.46. The van der Waals surface area contributed by atoms with Crippen molar-refractivity contribution in [2.24, 2.45) is 5.92 Å². The fraction of sp³-hybridized carbons (Fsp3) is 0.300. The first-order chi connectivity index (χ1) is 13.1. The highest BCUT2D eigenvalue weighted by Gasteiger charge is 2.31. The molecule has 4 rings (SSSR count). The molecule has 0 bridgehead atoms. The number of amides is 1. The monoisotopic (exact) mass is 368 g/mol. The van der Waals surface area contributed by atoms with E-state index >= 15 is 0 Å². The number of benzene rings is 1. The number of halogens is 1. The van der Waals surface area contributed by atoms with Crippen LogP contribution in [-0.4, -0.2) is 28.9 Å². The molecule has 1 atom stereocenters. The Morgan fingerprint density at radius 2 is 2.11 bits per heavy atom. The van der Waals surface area contributed by atoms with E-state index in [1.165, 1.54) is 24.3 Å². The molecule has 27 heavy (non-hydrogen) atoms. The number of aryl methyl sites for hydroxylation is 1. The van der Waals surface area contributed by atoms with Gasteiger partial charge in [0.1, 0.15) is 11.6 Å². The maximum absolute atomic E-state index is 13.1. The second-order valence-electron chi connectivity index (χ2n) is 6.84. The molecule has 0 spiro atoms. The van der Waals surface area contributed by atoms with Crippen LogP contribution < -0.4 is 10.6 Å². The van der Waals surface area contributed by atoms with Crippen LogP contribution in [0.4, 0.5) is 10.2 Å². The number of likely N-dealkylation sites (tertiary alicyclic amines) is 1. The largest absolute Gasteiger partial charge is 0.391 e. The zero-order valence-corrected chi connectivity index (χ0v) is 15.1. The maximum Gasteiger partial charge on any atom is 0.253 e. The maximum atomic E-state index is 13.1. The van der Waals surface area contributed by atoms with Gasteiger partial charge in [-0.1, -0.05) is 11.7 Å². The lowest BCUT2D eigenvalue weighted by atomic mass is 9.95. The van der Waals surface area contributed by atoms with E-state index in [-0.39, 0.29) is 17.6 Å². The highest BCUT2D eigenvalue weighted by atomic mass is 19.1. The number of hydrogen-bond acceptors (Lipinski definition) is 5. The Morgan fingerprint density at radius 1 is 1.30 bits per heavy atom. The number of hydrazine groups is 1. The van der Waals surface area contributed by atoms with Gasteiger partial charge < -0.3 is 9.74 Å². The molecule has 0 unspecified atom stereocenters. The average Bonchev–Trinajstić information content (AvgIpc) is 3.18. The Hall–Kier alpha value is -2.93. The smallest absolute Gasteiger partial charge is 0.253 e. The molecular weight excluding hydrogens is 347 g/mol. The van der Waals surface area contributed by atoms with Crippen LogP contribution in [0.1, 0.15) is 28.8 Å². The number of nitrogens with one attached hydrogen (secondary N) is 1. The molecule has 3 heterocycles. The second-order valence-corrected chi connectivity index (χ2v) is 6.84. The number of nitrogens with zero attached hydrogens (tertiary/aromatic N) is 3. The van der Waals surface area contributed by atoms with E-state index in [9.17, 15) is 9.18 Å². The summed E-state index contributed by atoms with van der Waals surface area (Å²) in [6, 6.07) is 9.56. The van der Waals surface area contributed by atoms with Crippen LogP contribution in [0.25, 0.3) is 0 Å². The van der Waals surface area contributed by atoms with E-state index in [4.69, 9.17) is 4.84 Å². The standard InChI is InChI=1S/C20H21FN4O2/c1-14-4-2-10-22-19(14)25-13-18(27-23-25)16-5-3-11-24(12-16)20(26)15-6-8-17(21)9-7-15/h2,4,6-10,13,16,23H,3,5,11-12H2,1H3/t16-/m0/s1. The summed E-state index contributed by atoms with van der Waals surface area (Å²) in [5.41, 5.74) is 4.41. The molecule has 2 aliphatic heterocycles. The Balaban J connectivity index is 1.47. The molecule has 140 valence electrons. The third-order valence-corrected chi connectivity index (χ3v) is 4.93. The summed E-state index contributed by atoms with van der Waals surface area (Å²) >= 11 is 0. The first kappa shape index (κ1) is 17.5. The van der Waals surface area contributed by atoms with Crippen LogP contribution in [0.3, 0.4) is 0 Å². The van der Waals surface area contributed by atoms with Crippen molar-refractivity contribution in [3.8, 4) is 0 Å². The van der Waals surface area contributed by atoms with E-state index in [2.05, 4.69) is 10.6 Å². The Morgan fingerprint density at radius 3 is 2.89 bits per heavy atom. The third kappa shape index (κ3) is 3.64. The quantitative estimate of drug-likeness (QED) is 0.902. The van der Waals surface area contributed by atoms with Gasteiger partial charge in [0.05, 0.1) is 6.20 Å². The molecular formula is C20H21FN4O2. The van der Waals surface area contributed by atoms with Crippen LogP contribution in [0.5, 0.6) is 0 Å². The predicted octanol–water partition coefficient (Wildman–Crippen LogP) is 3.18. The highest BCUT2D eigenvalue weighted by Crippen LogP contribution is 2.29. The van der Waals surface area contributed by atoms with E-state index < -0.39 is 0 Å². The molecule has 1 aromatic heterocycles. The SMILES string of the molecule is Cc1cccnc1N1C=C([C@H]2CCCN(C(=O)c3ccc(F)cc3)C2)ON1. The van der Waals surface area contributed by atoms with Gasteiger partial charge in [-0.2, -0.15) is 0 Å². The van der Waals surface area contributed by atoms with Gasteiger partial charge in [-0.3, -0.25) is 4.79 Å². The van der Waals surface area contributed by atoms with Gasteiger partial charge in [-0.25, -0.2) is 14.4 Å². The first-order valence-corrected chi connectivity index (χ1v) is 9.02. The number of aromatic nitrogens is 1. The number of rotatable bonds is 3. The molecule has 7 heteroatoms.